The number of hydrogen-bond donors (Lipinski definition) is 1. The highest BCUT2D eigenvalue weighted by atomic mass is 32.1. The van der Waals surface area contributed by atoms with E-state index < -0.39 is 5.82 Å². The highest BCUT2D eigenvalue weighted by molar-refractivity contribution is 7.17. The number of nitrogens with one attached hydrogen (secondary N) is 1. The molecule has 1 N–H and O–H groups in total. The van der Waals surface area contributed by atoms with E-state index in [2.05, 4.69) is 10.3 Å². The van der Waals surface area contributed by atoms with E-state index in [1.807, 2.05) is 49.4 Å². The Morgan fingerprint density at radius 3 is 2.74 bits per heavy atom. The first-order valence-corrected chi connectivity index (χ1v) is 13.9. The Kier molecular flexibility index (Phi) is 8.14. The van der Waals surface area contributed by atoms with Crippen LogP contribution in [0.15, 0.2) is 66.7 Å². The molecule has 0 atom stereocenters. The number of rotatable bonds is 8. The Morgan fingerprint density at radius 2 is 1.92 bits per heavy atom. The largest absolute Gasteiger partial charge is 0.382 e. The predicted octanol–water partition coefficient (Wildman–Crippen LogP) is 6.68. The number of ether oxygens (including phenoxy) is 1. The summed E-state index contributed by atoms with van der Waals surface area (Å²) in [6, 6.07) is 19.9. The van der Waals surface area contributed by atoms with Gasteiger partial charge in [-0.15, -0.1) is 11.3 Å². The Morgan fingerprint density at radius 1 is 1.10 bits per heavy atom. The smallest absolute Gasteiger partial charge is 0.276 e. The van der Waals surface area contributed by atoms with Gasteiger partial charge in [-0.2, -0.15) is 0 Å². The Bertz CT molecular complexity index is 1500. The van der Waals surface area contributed by atoms with Crippen molar-refractivity contribution >= 4 is 34.5 Å². The lowest BCUT2D eigenvalue weighted by Crippen LogP contribution is -2.33. The fraction of sp³-hybridized carbons (Fsp3) is 0.258. The van der Waals surface area contributed by atoms with Crippen molar-refractivity contribution in [2.75, 3.05) is 30.0 Å². The summed E-state index contributed by atoms with van der Waals surface area (Å²) in [7, 11) is 0. The summed E-state index contributed by atoms with van der Waals surface area (Å²) >= 11 is 1.36. The van der Waals surface area contributed by atoms with Gasteiger partial charge in [0.15, 0.2) is 0 Å². The number of pyridine rings is 1. The molecule has 200 valence electrons. The Labute approximate surface area is 231 Å². The van der Waals surface area contributed by atoms with Crippen LogP contribution in [-0.4, -0.2) is 36.6 Å². The van der Waals surface area contributed by atoms with Crippen LogP contribution in [0.5, 0.6) is 0 Å². The van der Waals surface area contributed by atoms with E-state index in [9.17, 15) is 14.0 Å². The summed E-state index contributed by atoms with van der Waals surface area (Å²) in [6.45, 7) is 5.53. The maximum atomic E-state index is 14.3. The lowest BCUT2D eigenvalue weighted by Gasteiger charge is -2.23. The molecule has 0 unspecified atom stereocenters. The van der Waals surface area contributed by atoms with Crippen molar-refractivity contribution in [3.8, 4) is 10.4 Å². The molecule has 1 aliphatic heterocycles. The zero-order chi connectivity index (χ0) is 27.4. The standard InChI is InChI=1S/C31H30FN3O3S/c1-3-38-18-8-11-22-10-7-14-25(33-22)31(37)35-17-16-21-19-27(39-29(21)23-12-4-5-15-26(23)35)30(36)34-28-20(2)9-6-13-24(28)32/h4-7,9-10,12-15,19H,3,8,11,16-18H2,1-2H3,(H,34,36). The summed E-state index contributed by atoms with van der Waals surface area (Å²) < 4.78 is 19.7. The minimum absolute atomic E-state index is 0.155. The fourth-order valence-electron chi connectivity index (χ4n) is 4.76. The number of anilines is 2. The summed E-state index contributed by atoms with van der Waals surface area (Å²) in [5.41, 5.74) is 4.77. The molecule has 0 spiro atoms. The second-order valence-electron chi connectivity index (χ2n) is 9.39. The number of thiophene rings is 1. The highest BCUT2D eigenvalue weighted by Crippen LogP contribution is 2.42. The van der Waals surface area contributed by atoms with Gasteiger partial charge in [0.05, 0.1) is 16.3 Å². The molecule has 0 aliphatic carbocycles. The minimum Gasteiger partial charge on any atom is -0.382 e. The predicted molar refractivity (Wildman–Crippen MR) is 153 cm³/mol. The van der Waals surface area contributed by atoms with Gasteiger partial charge in [-0.1, -0.05) is 36.4 Å². The third-order valence-electron chi connectivity index (χ3n) is 6.73. The molecule has 2 aromatic carbocycles. The number of carbonyl (C=O) groups excluding carboxylic acids is 2. The van der Waals surface area contributed by atoms with Gasteiger partial charge in [-0.3, -0.25) is 9.59 Å². The molecule has 8 heteroatoms. The van der Waals surface area contributed by atoms with Crippen molar-refractivity contribution in [1.82, 2.24) is 4.98 Å². The van der Waals surface area contributed by atoms with E-state index in [4.69, 9.17) is 4.74 Å². The number of para-hydroxylation sites is 2. The molecule has 2 aromatic heterocycles. The van der Waals surface area contributed by atoms with E-state index in [1.165, 1.54) is 17.4 Å². The van der Waals surface area contributed by atoms with E-state index in [-0.39, 0.29) is 17.5 Å². The van der Waals surface area contributed by atoms with Gasteiger partial charge in [0, 0.05) is 35.9 Å². The number of carbonyl (C=O) groups is 2. The number of halogens is 1. The van der Waals surface area contributed by atoms with E-state index in [1.54, 1.807) is 30.0 Å². The van der Waals surface area contributed by atoms with Crippen molar-refractivity contribution in [2.24, 2.45) is 0 Å². The molecule has 39 heavy (non-hydrogen) atoms. The van der Waals surface area contributed by atoms with Crippen LogP contribution in [0.25, 0.3) is 10.4 Å². The zero-order valence-corrected chi connectivity index (χ0v) is 22.8. The number of hydrogen-bond acceptors (Lipinski definition) is 5. The fourth-order valence-corrected chi connectivity index (χ4v) is 5.90. The molecular formula is C31H30FN3O3S. The van der Waals surface area contributed by atoms with Gasteiger partial charge in [-0.25, -0.2) is 9.37 Å². The van der Waals surface area contributed by atoms with Crippen LogP contribution in [0.3, 0.4) is 0 Å². The first kappa shape index (κ1) is 26.7. The molecule has 0 radical (unpaired) electrons. The third kappa shape index (κ3) is 5.77. The Hall–Kier alpha value is -3.88. The first-order valence-electron chi connectivity index (χ1n) is 13.1. The summed E-state index contributed by atoms with van der Waals surface area (Å²) in [5, 5.41) is 2.73. The van der Waals surface area contributed by atoms with Crippen LogP contribution in [0.1, 0.15) is 50.3 Å². The van der Waals surface area contributed by atoms with Gasteiger partial charge in [-0.05, 0) is 74.6 Å². The maximum absolute atomic E-state index is 14.3. The Balaban J connectivity index is 1.40. The third-order valence-corrected chi connectivity index (χ3v) is 7.94. The summed E-state index contributed by atoms with van der Waals surface area (Å²) in [5.74, 6) is -0.970. The molecule has 5 rings (SSSR count). The van der Waals surface area contributed by atoms with Gasteiger partial charge in [0.2, 0.25) is 0 Å². The lowest BCUT2D eigenvalue weighted by molar-refractivity contribution is 0.0981. The average molecular weight is 544 g/mol. The quantitative estimate of drug-likeness (QED) is 0.252. The summed E-state index contributed by atoms with van der Waals surface area (Å²) in [6.07, 6.45) is 2.16. The molecule has 0 bridgehead atoms. The molecule has 0 fully saturated rings. The average Bonchev–Trinajstić information content (AvgIpc) is 3.31. The summed E-state index contributed by atoms with van der Waals surface area (Å²) in [4.78, 5) is 34.7. The van der Waals surface area contributed by atoms with Crippen molar-refractivity contribution in [3.05, 3.63) is 99.9 Å². The monoisotopic (exact) mass is 543 g/mol. The normalized spacial score (nSPS) is 12.4. The number of aryl methyl sites for hydroxylation is 2. The molecule has 4 aromatic rings. The van der Waals surface area contributed by atoms with Crippen molar-refractivity contribution in [2.45, 2.75) is 33.1 Å². The van der Waals surface area contributed by atoms with Crippen LogP contribution in [0.2, 0.25) is 0 Å². The molecule has 0 saturated heterocycles. The van der Waals surface area contributed by atoms with Gasteiger partial charge < -0.3 is 15.0 Å². The van der Waals surface area contributed by atoms with Crippen LogP contribution in [-0.2, 0) is 17.6 Å². The van der Waals surface area contributed by atoms with Crippen LogP contribution >= 0.6 is 11.3 Å². The first-order chi connectivity index (χ1) is 19.0. The van der Waals surface area contributed by atoms with Crippen LogP contribution in [0, 0.1) is 12.7 Å². The maximum Gasteiger partial charge on any atom is 0.276 e. The number of benzene rings is 2. The molecule has 6 nitrogen and oxygen atoms in total. The SMILES string of the molecule is CCOCCCc1cccc(C(=O)N2CCc3cc(C(=O)Nc4c(C)cccc4F)sc3-c3ccccc32)n1. The van der Waals surface area contributed by atoms with Crippen LogP contribution in [0.4, 0.5) is 15.8 Å². The highest BCUT2D eigenvalue weighted by Gasteiger charge is 2.28. The number of fused-ring (bicyclic) bond motifs is 3. The lowest BCUT2D eigenvalue weighted by atomic mass is 10.1. The van der Waals surface area contributed by atoms with Crippen molar-refractivity contribution in [3.63, 3.8) is 0 Å². The molecule has 0 saturated carbocycles. The van der Waals surface area contributed by atoms with Gasteiger partial charge in [0.25, 0.3) is 11.8 Å². The van der Waals surface area contributed by atoms with Crippen molar-refractivity contribution < 1.29 is 18.7 Å². The van der Waals surface area contributed by atoms with E-state index in [0.717, 1.165) is 40.2 Å². The molecular weight excluding hydrogens is 513 g/mol. The topological polar surface area (TPSA) is 71.5 Å². The molecule has 2 amide bonds. The van der Waals surface area contributed by atoms with E-state index in [0.29, 0.717) is 42.3 Å². The number of aromatic nitrogens is 1. The molecule has 3 heterocycles. The molecule has 1 aliphatic rings. The zero-order valence-electron chi connectivity index (χ0n) is 22.0. The minimum atomic E-state index is -0.465. The van der Waals surface area contributed by atoms with E-state index >= 15 is 0 Å². The van der Waals surface area contributed by atoms with Crippen LogP contribution < -0.4 is 10.2 Å². The van der Waals surface area contributed by atoms with Gasteiger partial charge in [0.1, 0.15) is 11.5 Å². The second kappa shape index (κ2) is 11.9. The van der Waals surface area contributed by atoms with Gasteiger partial charge >= 0.3 is 0 Å². The van der Waals surface area contributed by atoms with Crippen molar-refractivity contribution in [1.29, 1.82) is 0 Å². The second-order valence-corrected chi connectivity index (χ2v) is 10.4. The number of nitrogens with zero attached hydrogens (tertiary/aromatic N) is 2. The number of amides is 2.